The van der Waals surface area contributed by atoms with E-state index in [-0.39, 0.29) is 0 Å². The molecule has 5 nitrogen and oxygen atoms in total. The van der Waals surface area contributed by atoms with Crippen LogP contribution in [-0.2, 0) is 0 Å². The maximum absolute atomic E-state index is 5.55. The molecule has 3 rings (SSSR count). The van der Waals surface area contributed by atoms with Gasteiger partial charge in [0.2, 0.25) is 0 Å². The van der Waals surface area contributed by atoms with E-state index >= 15 is 0 Å². The van der Waals surface area contributed by atoms with E-state index in [4.69, 9.17) is 21.7 Å². The molecule has 1 heterocycles. The summed E-state index contributed by atoms with van der Waals surface area (Å²) in [6.07, 6.45) is 1.69. The van der Waals surface area contributed by atoms with Gasteiger partial charge in [0.05, 0.1) is 6.21 Å². The largest absolute Gasteiger partial charge is 0.486 e. The topological polar surface area (TPSA) is 54.9 Å². The van der Waals surface area contributed by atoms with Gasteiger partial charge in [-0.15, -0.1) is 0 Å². The number of nitrogens with one attached hydrogen (secondary N) is 2. The number of hydrazone groups is 1. The Balaban J connectivity index is 1.59. The molecule has 124 valence electrons. The van der Waals surface area contributed by atoms with Crippen LogP contribution < -0.4 is 20.2 Å². The molecule has 0 saturated heterocycles. The molecular formula is C18H19N3O2S. The molecule has 24 heavy (non-hydrogen) atoms. The van der Waals surface area contributed by atoms with Crippen molar-refractivity contribution in [2.75, 3.05) is 18.5 Å². The van der Waals surface area contributed by atoms with Crippen LogP contribution >= 0.6 is 12.2 Å². The molecular weight excluding hydrogens is 322 g/mol. The minimum atomic E-state index is 0.442. The lowest BCUT2D eigenvalue weighted by Gasteiger charge is -2.18. The fourth-order valence-corrected chi connectivity index (χ4v) is 2.51. The number of nitrogens with zero attached hydrogens (tertiary/aromatic N) is 1. The van der Waals surface area contributed by atoms with Crippen molar-refractivity contribution in [2.24, 2.45) is 5.10 Å². The Hall–Kier alpha value is -2.60. The second-order valence-electron chi connectivity index (χ2n) is 5.47. The number of benzene rings is 2. The lowest BCUT2D eigenvalue weighted by atomic mass is 10.1. The second kappa shape index (κ2) is 7.31. The highest BCUT2D eigenvalue weighted by Crippen LogP contribution is 2.30. The SMILES string of the molecule is Cc1cccc(NC(=S)NN=Cc2ccc3c(c2)OCCO3)c1C. The first-order chi connectivity index (χ1) is 11.6. The van der Waals surface area contributed by atoms with Gasteiger partial charge in [-0.3, -0.25) is 5.43 Å². The molecule has 0 atom stereocenters. The third-order valence-electron chi connectivity index (χ3n) is 3.80. The van der Waals surface area contributed by atoms with E-state index in [2.05, 4.69) is 35.8 Å². The number of anilines is 1. The van der Waals surface area contributed by atoms with E-state index < -0.39 is 0 Å². The maximum Gasteiger partial charge on any atom is 0.191 e. The minimum Gasteiger partial charge on any atom is -0.486 e. The minimum absolute atomic E-state index is 0.442. The van der Waals surface area contributed by atoms with Gasteiger partial charge < -0.3 is 14.8 Å². The molecule has 0 saturated carbocycles. The zero-order valence-corrected chi connectivity index (χ0v) is 14.4. The fraction of sp³-hybridized carbons (Fsp3) is 0.222. The third-order valence-corrected chi connectivity index (χ3v) is 3.99. The monoisotopic (exact) mass is 341 g/mol. The van der Waals surface area contributed by atoms with Crippen molar-refractivity contribution in [3.8, 4) is 11.5 Å². The zero-order chi connectivity index (χ0) is 16.9. The fourth-order valence-electron chi connectivity index (χ4n) is 2.34. The lowest BCUT2D eigenvalue weighted by molar-refractivity contribution is 0.171. The van der Waals surface area contributed by atoms with Gasteiger partial charge in [0, 0.05) is 5.69 Å². The summed E-state index contributed by atoms with van der Waals surface area (Å²) in [6, 6.07) is 11.7. The molecule has 2 N–H and O–H groups in total. The average molecular weight is 341 g/mol. The van der Waals surface area contributed by atoms with Crippen molar-refractivity contribution in [3.05, 3.63) is 53.1 Å². The highest BCUT2D eigenvalue weighted by atomic mass is 32.1. The molecule has 0 aromatic heterocycles. The zero-order valence-electron chi connectivity index (χ0n) is 13.6. The van der Waals surface area contributed by atoms with Crippen molar-refractivity contribution in [1.29, 1.82) is 0 Å². The van der Waals surface area contributed by atoms with Crippen LogP contribution in [0.3, 0.4) is 0 Å². The molecule has 0 bridgehead atoms. The molecule has 0 unspecified atom stereocenters. The van der Waals surface area contributed by atoms with Crippen LogP contribution in [0.15, 0.2) is 41.5 Å². The van der Waals surface area contributed by atoms with Crippen molar-refractivity contribution in [3.63, 3.8) is 0 Å². The highest BCUT2D eigenvalue weighted by molar-refractivity contribution is 7.80. The number of thiocarbonyl (C=S) groups is 1. The Kier molecular flexibility index (Phi) is 4.96. The van der Waals surface area contributed by atoms with Crippen LogP contribution in [0.2, 0.25) is 0 Å². The van der Waals surface area contributed by atoms with Crippen LogP contribution in [-0.4, -0.2) is 24.5 Å². The summed E-state index contributed by atoms with van der Waals surface area (Å²) in [5.41, 5.74) is 7.08. The van der Waals surface area contributed by atoms with Gasteiger partial charge in [-0.05, 0) is 67.0 Å². The van der Waals surface area contributed by atoms with E-state index in [0.717, 1.165) is 28.3 Å². The summed E-state index contributed by atoms with van der Waals surface area (Å²) in [4.78, 5) is 0. The summed E-state index contributed by atoms with van der Waals surface area (Å²) < 4.78 is 11.0. The van der Waals surface area contributed by atoms with Gasteiger partial charge in [-0.2, -0.15) is 5.10 Å². The molecule has 2 aromatic rings. The van der Waals surface area contributed by atoms with Crippen molar-refractivity contribution >= 4 is 29.2 Å². The Morgan fingerprint density at radius 3 is 2.75 bits per heavy atom. The molecule has 1 aliphatic rings. The van der Waals surface area contributed by atoms with Crippen LogP contribution in [0, 0.1) is 13.8 Å². The summed E-state index contributed by atoms with van der Waals surface area (Å²) in [7, 11) is 0. The summed E-state index contributed by atoms with van der Waals surface area (Å²) in [6.45, 7) is 5.27. The van der Waals surface area contributed by atoms with E-state index in [1.807, 2.05) is 30.3 Å². The number of aryl methyl sites for hydroxylation is 1. The highest BCUT2D eigenvalue weighted by Gasteiger charge is 2.10. The first-order valence-corrected chi connectivity index (χ1v) is 8.10. The van der Waals surface area contributed by atoms with Crippen molar-refractivity contribution < 1.29 is 9.47 Å². The van der Waals surface area contributed by atoms with Gasteiger partial charge >= 0.3 is 0 Å². The van der Waals surface area contributed by atoms with Crippen molar-refractivity contribution in [1.82, 2.24) is 5.43 Å². The van der Waals surface area contributed by atoms with E-state index in [1.165, 1.54) is 5.56 Å². The predicted molar refractivity (Wildman–Crippen MR) is 100 cm³/mol. The van der Waals surface area contributed by atoms with Crippen LogP contribution in [0.5, 0.6) is 11.5 Å². The quantitative estimate of drug-likeness (QED) is 0.509. The molecule has 0 radical (unpaired) electrons. The molecule has 0 spiro atoms. The van der Waals surface area contributed by atoms with E-state index in [1.54, 1.807) is 6.21 Å². The third kappa shape index (κ3) is 3.83. The standard InChI is InChI=1S/C18H19N3O2S/c1-12-4-3-5-15(13(12)2)20-18(24)21-19-11-14-6-7-16-17(10-14)23-9-8-22-16/h3-7,10-11H,8-9H2,1-2H3,(H2,20,21,24). The number of rotatable bonds is 3. The number of fused-ring (bicyclic) bond motifs is 1. The normalized spacial score (nSPS) is 12.9. The Bertz CT molecular complexity index is 790. The number of hydrogen-bond acceptors (Lipinski definition) is 4. The molecule has 2 aromatic carbocycles. The van der Waals surface area contributed by atoms with Gasteiger partial charge in [0.25, 0.3) is 0 Å². The van der Waals surface area contributed by atoms with E-state index in [9.17, 15) is 0 Å². The lowest BCUT2D eigenvalue weighted by Crippen LogP contribution is -2.24. The Labute approximate surface area is 146 Å². The molecule has 0 amide bonds. The Morgan fingerprint density at radius 1 is 1.12 bits per heavy atom. The van der Waals surface area contributed by atoms with E-state index in [0.29, 0.717) is 18.3 Å². The number of ether oxygens (including phenoxy) is 2. The Morgan fingerprint density at radius 2 is 1.92 bits per heavy atom. The molecule has 0 aliphatic carbocycles. The summed E-state index contributed by atoms with van der Waals surface area (Å²) >= 11 is 5.27. The van der Waals surface area contributed by atoms with Crippen LogP contribution in [0.1, 0.15) is 16.7 Å². The van der Waals surface area contributed by atoms with Crippen molar-refractivity contribution in [2.45, 2.75) is 13.8 Å². The van der Waals surface area contributed by atoms with Crippen LogP contribution in [0.25, 0.3) is 0 Å². The maximum atomic E-state index is 5.55. The second-order valence-corrected chi connectivity index (χ2v) is 5.88. The smallest absolute Gasteiger partial charge is 0.191 e. The average Bonchev–Trinajstić information content (AvgIpc) is 2.59. The van der Waals surface area contributed by atoms with Gasteiger partial charge in [-0.25, -0.2) is 0 Å². The van der Waals surface area contributed by atoms with Gasteiger partial charge in [0.15, 0.2) is 16.6 Å². The first kappa shape index (κ1) is 16.3. The van der Waals surface area contributed by atoms with Gasteiger partial charge in [0.1, 0.15) is 13.2 Å². The van der Waals surface area contributed by atoms with Crippen LogP contribution in [0.4, 0.5) is 5.69 Å². The molecule has 0 fully saturated rings. The summed E-state index contributed by atoms with van der Waals surface area (Å²) in [5, 5.41) is 7.75. The first-order valence-electron chi connectivity index (χ1n) is 7.69. The van der Waals surface area contributed by atoms with Gasteiger partial charge in [-0.1, -0.05) is 12.1 Å². The molecule has 6 heteroatoms. The predicted octanol–water partition coefficient (Wildman–Crippen LogP) is 3.40. The molecule has 1 aliphatic heterocycles. The summed E-state index contributed by atoms with van der Waals surface area (Å²) in [5.74, 6) is 1.50. The number of hydrogen-bond donors (Lipinski definition) is 2.